The topological polar surface area (TPSA) is 55.1 Å². The van der Waals surface area contributed by atoms with Crippen molar-refractivity contribution in [3.8, 4) is 0 Å². The highest BCUT2D eigenvalue weighted by molar-refractivity contribution is 7.99. The first kappa shape index (κ1) is 15.3. The number of hydrogen-bond acceptors (Lipinski definition) is 3. The van der Waals surface area contributed by atoms with E-state index in [4.69, 9.17) is 5.73 Å². The second-order valence-electron chi connectivity index (χ2n) is 5.25. The summed E-state index contributed by atoms with van der Waals surface area (Å²) in [6, 6.07) is 6.73. The molecule has 1 aromatic rings. The number of amides is 1. The molecule has 3 N–H and O–H groups in total. The van der Waals surface area contributed by atoms with Crippen LogP contribution in [-0.4, -0.2) is 30.0 Å². The average Bonchev–Trinajstić information content (AvgIpc) is 2.46. The fourth-order valence-electron chi connectivity index (χ4n) is 2.39. The molecule has 5 heteroatoms. The van der Waals surface area contributed by atoms with Gasteiger partial charge in [-0.05, 0) is 42.7 Å². The number of carbonyl (C=O) groups is 1. The molecule has 2 rings (SSSR count). The first-order chi connectivity index (χ1) is 9.65. The Hall–Kier alpha value is -1.07. The highest BCUT2D eigenvalue weighted by Crippen LogP contribution is 2.17. The molecule has 3 nitrogen and oxygen atoms in total. The Morgan fingerprint density at radius 3 is 2.80 bits per heavy atom. The van der Waals surface area contributed by atoms with Gasteiger partial charge in [0.2, 0.25) is 5.91 Å². The van der Waals surface area contributed by atoms with E-state index in [-0.39, 0.29) is 17.6 Å². The zero-order chi connectivity index (χ0) is 14.4. The van der Waals surface area contributed by atoms with Gasteiger partial charge in [0.15, 0.2) is 0 Å². The van der Waals surface area contributed by atoms with Crippen molar-refractivity contribution in [3.63, 3.8) is 0 Å². The number of thioether (sulfide) groups is 1. The summed E-state index contributed by atoms with van der Waals surface area (Å²) in [5, 5.41) is 3.44. The van der Waals surface area contributed by atoms with Gasteiger partial charge in [-0.25, -0.2) is 4.39 Å². The summed E-state index contributed by atoms with van der Waals surface area (Å²) in [4.78, 5) is 11.5. The van der Waals surface area contributed by atoms with Crippen LogP contribution in [0.2, 0.25) is 0 Å². The smallest absolute Gasteiger partial charge is 0.222 e. The molecule has 1 fully saturated rings. The third-order valence-corrected chi connectivity index (χ3v) is 4.83. The van der Waals surface area contributed by atoms with Gasteiger partial charge in [0.05, 0.1) is 5.92 Å². The lowest BCUT2D eigenvalue weighted by molar-refractivity contribution is -0.121. The van der Waals surface area contributed by atoms with E-state index in [9.17, 15) is 9.18 Å². The van der Waals surface area contributed by atoms with Crippen molar-refractivity contribution in [1.29, 1.82) is 0 Å². The lowest BCUT2D eigenvalue weighted by atomic mass is 9.98. The van der Waals surface area contributed by atoms with Crippen LogP contribution in [0.15, 0.2) is 24.3 Å². The van der Waals surface area contributed by atoms with Crippen LogP contribution in [-0.2, 0) is 11.2 Å². The minimum absolute atomic E-state index is 0.243. The van der Waals surface area contributed by atoms with Gasteiger partial charge in [-0.15, -0.1) is 0 Å². The molecule has 0 aliphatic carbocycles. The number of primary amides is 1. The second kappa shape index (κ2) is 7.64. The lowest BCUT2D eigenvalue weighted by Gasteiger charge is -2.24. The van der Waals surface area contributed by atoms with Crippen LogP contribution >= 0.6 is 11.8 Å². The van der Waals surface area contributed by atoms with E-state index >= 15 is 0 Å². The SMILES string of the molecule is NC(=O)[C@@H](CN[C@@H]1CCCSC1)Cc1ccc(F)cc1. The molecule has 1 heterocycles. The Balaban J connectivity index is 1.86. The van der Waals surface area contributed by atoms with E-state index in [2.05, 4.69) is 5.32 Å². The van der Waals surface area contributed by atoms with Crippen molar-refractivity contribution in [2.45, 2.75) is 25.3 Å². The van der Waals surface area contributed by atoms with Gasteiger partial charge in [0.1, 0.15) is 5.82 Å². The summed E-state index contributed by atoms with van der Waals surface area (Å²) in [5.74, 6) is 1.52. The fraction of sp³-hybridized carbons (Fsp3) is 0.533. The van der Waals surface area contributed by atoms with Crippen molar-refractivity contribution in [3.05, 3.63) is 35.6 Å². The van der Waals surface area contributed by atoms with E-state index in [0.717, 1.165) is 17.7 Å². The van der Waals surface area contributed by atoms with Crippen molar-refractivity contribution < 1.29 is 9.18 Å². The number of rotatable bonds is 6. The van der Waals surface area contributed by atoms with E-state index < -0.39 is 0 Å². The summed E-state index contributed by atoms with van der Waals surface area (Å²) >= 11 is 1.95. The molecule has 0 unspecified atom stereocenters. The molecule has 0 aromatic heterocycles. The van der Waals surface area contributed by atoms with E-state index in [1.165, 1.54) is 24.3 Å². The molecule has 1 aliphatic heterocycles. The molecule has 0 bridgehead atoms. The van der Waals surface area contributed by atoms with Gasteiger partial charge >= 0.3 is 0 Å². The Morgan fingerprint density at radius 2 is 2.20 bits per heavy atom. The molecular formula is C15H21FN2OS. The number of nitrogens with two attached hydrogens (primary N) is 1. The summed E-state index contributed by atoms with van der Waals surface area (Å²) in [5.41, 5.74) is 6.41. The molecule has 1 amide bonds. The molecule has 2 atom stereocenters. The van der Waals surface area contributed by atoms with Gasteiger partial charge in [-0.1, -0.05) is 12.1 Å². The standard InChI is InChI=1S/C15H21FN2OS/c16-13-5-3-11(4-6-13)8-12(15(17)19)9-18-14-2-1-7-20-10-14/h3-6,12,14,18H,1-2,7-10H2,(H2,17,19)/t12-,14-/m1/s1. The van der Waals surface area contributed by atoms with Gasteiger partial charge in [0.25, 0.3) is 0 Å². The van der Waals surface area contributed by atoms with Gasteiger partial charge in [-0.2, -0.15) is 11.8 Å². The minimum atomic E-state index is -0.301. The zero-order valence-electron chi connectivity index (χ0n) is 11.5. The number of hydrogen-bond donors (Lipinski definition) is 2. The van der Waals surface area contributed by atoms with Gasteiger partial charge in [0, 0.05) is 18.3 Å². The summed E-state index contributed by atoms with van der Waals surface area (Å²) in [7, 11) is 0. The number of benzene rings is 1. The van der Waals surface area contributed by atoms with E-state index in [1.807, 2.05) is 11.8 Å². The van der Waals surface area contributed by atoms with Gasteiger partial charge < -0.3 is 11.1 Å². The second-order valence-corrected chi connectivity index (χ2v) is 6.40. The molecule has 0 spiro atoms. The van der Waals surface area contributed by atoms with Crippen LogP contribution in [0.25, 0.3) is 0 Å². The quantitative estimate of drug-likeness (QED) is 0.843. The predicted molar refractivity (Wildman–Crippen MR) is 81.1 cm³/mol. The van der Waals surface area contributed by atoms with Crippen LogP contribution < -0.4 is 11.1 Å². The third kappa shape index (κ3) is 4.80. The van der Waals surface area contributed by atoms with Crippen molar-refractivity contribution in [2.75, 3.05) is 18.1 Å². The third-order valence-electron chi connectivity index (χ3n) is 3.61. The van der Waals surface area contributed by atoms with Crippen LogP contribution in [0, 0.1) is 11.7 Å². The van der Waals surface area contributed by atoms with Crippen LogP contribution in [0.3, 0.4) is 0 Å². The Kier molecular flexibility index (Phi) is 5.86. The normalized spacial score (nSPS) is 20.6. The van der Waals surface area contributed by atoms with Crippen molar-refractivity contribution >= 4 is 17.7 Å². The predicted octanol–water partition coefficient (Wildman–Crippen LogP) is 1.95. The first-order valence-electron chi connectivity index (χ1n) is 7.00. The largest absolute Gasteiger partial charge is 0.369 e. The van der Waals surface area contributed by atoms with Crippen molar-refractivity contribution in [2.24, 2.45) is 11.7 Å². The Morgan fingerprint density at radius 1 is 1.45 bits per heavy atom. The summed E-state index contributed by atoms with van der Waals surface area (Å²) < 4.78 is 12.9. The zero-order valence-corrected chi connectivity index (χ0v) is 12.3. The monoisotopic (exact) mass is 296 g/mol. The highest BCUT2D eigenvalue weighted by Gasteiger charge is 2.19. The van der Waals surface area contributed by atoms with Crippen LogP contribution in [0.5, 0.6) is 0 Å². The Bertz CT molecular complexity index is 432. The maximum Gasteiger partial charge on any atom is 0.222 e. The van der Waals surface area contributed by atoms with E-state index in [1.54, 1.807) is 12.1 Å². The summed E-state index contributed by atoms with van der Waals surface area (Å²) in [6.45, 7) is 0.595. The Labute approximate surface area is 123 Å². The maximum absolute atomic E-state index is 12.9. The molecule has 0 radical (unpaired) electrons. The maximum atomic E-state index is 12.9. The molecule has 20 heavy (non-hydrogen) atoms. The molecule has 110 valence electrons. The first-order valence-corrected chi connectivity index (χ1v) is 8.15. The highest BCUT2D eigenvalue weighted by atomic mass is 32.2. The van der Waals surface area contributed by atoms with Crippen LogP contribution in [0.1, 0.15) is 18.4 Å². The summed E-state index contributed by atoms with van der Waals surface area (Å²) in [6.07, 6.45) is 2.94. The molecule has 0 saturated carbocycles. The fourth-order valence-corrected chi connectivity index (χ4v) is 3.50. The molecular weight excluding hydrogens is 275 g/mol. The number of carbonyl (C=O) groups excluding carboxylic acids is 1. The van der Waals surface area contributed by atoms with Gasteiger partial charge in [-0.3, -0.25) is 4.79 Å². The number of halogens is 1. The van der Waals surface area contributed by atoms with Crippen molar-refractivity contribution in [1.82, 2.24) is 5.32 Å². The van der Waals surface area contributed by atoms with Crippen LogP contribution in [0.4, 0.5) is 4.39 Å². The number of nitrogens with one attached hydrogen (secondary N) is 1. The lowest BCUT2D eigenvalue weighted by Crippen LogP contribution is -2.41. The molecule has 1 aromatic carbocycles. The molecule has 1 saturated heterocycles. The average molecular weight is 296 g/mol. The van der Waals surface area contributed by atoms with E-state index in [0.29, 0.717) is 19.0 Å². The minimum Gasteiger partial charge on any atom is -0.369 e. The molecule has 1 aliphatic rings.